The summed E-state index contributed by atoms with van der Waals surface area (Å²) >= 11 is 0. The van der Waals surface area contributed by atoms with E-state index in [2.05, 4.69) is 15.5 Å². The lowest BCUT2D eigenvalue weighted by Gasteiger charge is -2.01. The molecule has 0 bridgehead atoms. The molecular formula is C14H12N4O3. The Balaban J connectivity index is 1.84. The lowest BCUT2D eigenvalue weighted by molar-refractivity contribution is 0.392. The lowest BCUT2D eigenvalue weighted by Crippen LogP contribution is -2.01. The minimum Gasteiger partial charge on any atom is -0.459 e. The first-order valence-corrected chi connectivity index (χ1v) is 6.29. The molecule has 3 rings (SSSR count). The van der Waals surface area contributed by atoms with Crippen molar-refractivity contribution in [1.29, 1.82) is 5.26 Å². The van der Waals surface area contributed by atoms with Gasteiger partial charge in [-0.2, -0.15) is 10.2 Å². The van der Waals surface area contributed by atoms with Crippen molar-refractivity contribution in [1.82, 2.24) is 10.1 Å². The van der Waals surface area contributed by atoms with Crippen LogP contribution in [0, 0.1) is 25.2 Å². The zero-order valence-electron chi connectivity index (χ0n) is 11.5. The van der Waals surface area contributed by atoms with Gasteiger partial charge in [0.15, 0.2) is 5.76 Å². The number of aryl methyl sites for hydroxylation is 2. The summed E-state index contributed by atoms with van der Waals surface area (Å²) in [4.78, 5) is 4.09. The number of furan rings is 1. The molecule has 3 aromatic heterocycles. The molecule has 0 fully saturated rings. The summed E-state index contributed by atoms with van der Waals surface area (Å²) in [6.45, 7) is 4.12. The van der Waals surface area contributed by atoms with E-state index in [9.17, 15) is 0 Å². The highest BCUT2D eigenvalue weighted by Gasteiger charge is 2.17. The van der Waals surface area contributed by atoms with E-state index in [1.165, 1.54) is 6.26 Å². The van der Waals surface area contributed by atoms with Crippen molar-refractivity contribution in [3.63, 3.8) is 0 Å². The monoisotopic (exact) mass is 284 g/mol. The Morgan fingerprint density at radius 1 is 1.38 bits per heavy atom. The van der Waals surface area contributed by atoms with Crippen molar-refractivity contribution in [2.45, 2.75) is 20.4 Å². The summed E-state index contributed by atoms with van der Waals surface area (Å²) in [5.41, 5.74) is 1.90. The van der Waals surface area contributed by atoms with E-state index in [-0.39, 0.29) is 11.6 Å². The molecule has 0 aromatic carbocycles. The smallest absolute Gasteiger partial charge is 0.266 e. The van der Waals surface area contributed by atoms with Gasteiger partial charge >= 0.3 is 0 Å². The van der Waals surface area contributed by atoms with E-state index in [0.29, 0.717) is 18.2 Å². The minimum atomic E-state index is 0.174. The number of anilines is 1. The second-order valence-electron chi connectivity index (χ2n) is 4.44. The third-order valence-electron chi connectivity index (χ3n) is 3.07. The second-order valence-corrected chi connectivity index (χ2v) is 4.44. The highest BCUT2D eigenvalue weighted by Crippen LogP contribution is 2.26. The number of aromatic nitrogens is 2. The molecule has 0 unspecified atom stereocenters. The van der Waals surface area contributed by atoms with Gasteiger partial charge in [-0.1, -0.05) is 5.16 Å². The van der Waals surface area contributed by atoms with Gasteiger partial charge in [0.25, 0.3) is 5.89 Å². The largest absolute Gasteiger partial charge is 0.459 e. The third-order valence-corrected chi connectivity index (χ3v) is 3.07. The fourth-order valence-electron chi connectivity index (χ4n) is 1.94. The van der Waals surface area contributed by atoms with Crippen LogP contribution in [-0.2, 0) is 6.54 Å². The molecule has 0 saturated heterocycles. The predicted octanol–water partition coefficient (Wildman–Crippen LogP) is 3.02. The van der Waals surface area contributed by atoms with E-state index in [0.717, 1.165) is 17.0 Å². The lowest BCUT2D eigenvalue weighted by atomic mass is 10.2. The van der Waals surface area contributed by atoms with Crippen LogP contribution in [0.2, 0.25) is 0 Å². The molecule has 0 amide bonds. The summed E-state index contributed by atoms with van der Waals surface area (Å²) in [5.74, 6) is 1.75. The molecule has 7 nitrogen and oxygen atoms in total. The van der Waals surface area contributed by atoms with Gasteiger partial charge in [-0.25, -0.2) is 0 Å². The van der Waals surface area contributed by atoms with Crippen LogP contribution >= 0.6 is 0 Å². The number of hydrogen-bond donors (Lipinski definition) is 1. The Hall–Kier alpha value is -3.01. The highest BCUT2D eigenvalue weighted by molar-refractivity contribution is 5.54. The second kappa shape index (κ2) is 5.17. The van der Waals surface area contributed by atoms with Gasteiger partial charge in [-0.15, -0.1) is 0 Å². The van der Waals surface area contributed by atoms with Gasteiger partial charge in [0.1, 0.15) is 11.8 Å². The Morgan fingerprint density at radius 3 is 2.86 bits per heavy atom. The number of nitrogens with zero attached hydrogens (tertiary/aromatic N) is 3. The average molecular weight is 284 g/mol. The van der Waals surface area contributed by atoms with Crippen LogP contribution in [0.15, 0.2) is 31.8 Å². The Labute approximate surface area is 120 Å². The van der Waals surface area contributed by atoms with Gasteiger partial charge in [0, 0.05) is 12.1 Å². The van der Waals surface area contributed by atoms with Crippen LogP contribution in [0.5, 0.6) is 0 Å². The maximum absolute atomic E-state index is 9.12. The summed E-state index contributed by atoms with van der Waals surface area (Å²) in [5, 5.41) is 16.0. The van der Waals surface area contributed by atoms with Crippen LogP contribution in [-0.4, -0.2) is 10.1 Å². The first-order chi connectivity index (χ1) is 10.2. The van der Waals surface area contributed by atoms with Crippen molar-refractivity contribution in [3.05, 3.63) is 41.1 Å². The maximum atomic E-state index is 9.12. The highest BCUT2D eigenvalue weighted by atomic mass is 16.5. The number of hydrogen-bond acceptors (Lipinski definition) is 7. The van der Waals surface area contributed by atoms with E-state index < -0.39 is 0 Å². The summed E-state index contributed by atoms with van der Waals surface area (Å²) in [6, 6.07) is 5.43. The molecule has 3 aromatic rings. The zero-order valence-corrected chi connectivity index (χ0v) is 11.5. The molecule has 106 valence electrons. The molecule has 0 aliphatic rings. The Morgan fingerprint density at radius 2 is 2.24 bits per heavy atom. The van der Waals surface area contributed by atoms with Crippen molar-refractivity contribution >= 4 is 5.88 Å². The molecule has 21 heavy (non-hydrogen) atoms. The van der Waals surface area contributed by atoms with Crippen molar-refractivity contribution in [2.24, 2.45) is 0 Å². The number of nitriles is 1. The molecular weight excluding hydrogens is 272 g/mol. The molecule has 0 atom stereocenters. The summed E-state index contributed by atoms with van der Waals surface area (Å²) < 4.78 is 15.8. The molecule has 7 heteroatoms. The van der Waals surface area contributed by atoms with E-state index >= 15 is 0 Å². The summed E-state index contributed by atoms with van der Waals surface area (Å²) in [7, 11) is 0. The Bertz CT molecular complexity index is 773. The average Bonchev–Trinajstić information content (AvgIpc) is 3.18. The number of rotatable bonds is 4. The van der Waals surface area contributed by atoms with Crippen LogP contribution < -0.4 is 5.32 Å². The topological polar surface area (TPSA) is 101 Å². The van der Waals surface area contributed by atoms with Gasteiger partial charge < -0.3 is 18.7 Å². The first kappa shape index (κ1) is 13.0. The van der Waals surface area contributed by atoms with Crippen LogP contribution in [0.4, 0.5) is 5.88 Å². The quantitative estimate of drug-likeness (QED) is 0.785. The minimum absolute atomic E-state index is 0.174. The first-order valence-electron chi connectivity index (χ1n) is 6.29. The number of oxazole rings is 1. The molecule has 1 N–H and O–H groups in total. The standard InChI is InChI=1S/C14H12N4O3/c1-8-10(9(2)21-18-8)7-16-13-11(6-15)17-14(20-13)12-4-3-5-19-12/h3-5,16H,7H2,1-2H3. The third kappa shape index (κ3) is 2.39. The SMILES string of the molecule is Cc1noc(C)c1CNc1oc(-c2ccco2)nc1C#N. The van der Waals surface area contributed by atoms with Crippen LogP contribution in [0.25, 0.3) is 11.7 Å². The van der Waals surface area contributed by atoms with E-state index in [1.807, 2.05) is 19.9 Å². The van der Waals surface area contributed by atoms with Crippen molar-refractivity contribution in [2.75, 3.05) is 5.32 Å². The number of nitrogens with one attached hydrogen (secondary N) is 1. The van der Waals surface area contributed by atoms with Crippen molar-refractivity contribution < 1.29 is 13.4 Å². The maximum Gasteiger partial charge on any atom is 0.266 e. The molecule has 0 aliphatic carbocycles. The van der Waals surface area contributed by atoms with Crippen LogP contribution in [0.3, 0.4) is 0 Å². The van der Waals surface area contributed by atoms with Gasteiger partial charge in [0.05, 0.1) is 12.0 Å². The van der Waals surface area contributed by atoms with Crippen molar-refractivity contribution in [3.8, 4) is 17.7 Å². The predicted molar refractivity (Wildman–Crippen MR) is 72.2 cm³/mol. The van der Waals surface area contributed by atoms with Gasteiger partial charge in [-0.3, -0.25) is 0 Å². The zero-order chi connectivity index (χ0) is 14.8. The summed E-state index contributed by atoms with van der Waals surface area (Å²) in [6.07, 6.45) is 1.52. The molecule has 3 heterocycles. The molecule has 0 saturated carbocycles. The normalized spacial score (nSPS) is 10.5. The van der Waals surface area contributed by atoms with E-state index in [1.54, 1.807) is 12.1 Å². The van der Waals surface area contributed by atoms with Gasteiger partial charge in [0.2, 0.25) is 11.6 Å². The molecule has 0 spiro atoms. The van der Waals surface area contributed by atoms with E-state index in [4.69, 9.17) is 18.6 Å². The molecule has 0 radical (unpaired) electrons. The fraction of sp³-hybridized carbons (Fsp3) is 0.214. The Kier molecular flexibility index (Phi) is 3.20. The van der Waals surface area contributed by atoms with Gasteiger partial charge in [-0.05, 0) is 26.0 Å². The van der Waals surface area contributed by atoms with Crippen LogP contribution in [0.1, 0.15) is 22.7 Å². The fourth-order valence-corrected chi connectivity index (χ4v) is 1.94. The molecule has 0 aliphatic heterocycles.